The third kappa shape index (κ3) is 4.84. The zero-order chi connectivity index (χ0) is 19.2. The van der Waals surface area contributed by atoms with Gasteiger partial charge < -0.3 is 14.6 Å². The van der Waals surface area contributed by atoms with Crippen LogP contribution in [0, 0.1) is 0 Å². The van der Waals surface area contributed by atoms with Gasteiger partial charge in [0.15, 0.2) is 11.5 Å². The fourth-order valence-electron chi connectivity index (χ4n) is 2.27. The Hall–Kier alpha value is -2.84. The number of hydrogen-bond acceptors (Lipinski definition) is 5. The van der Waals surface area contributed by atoms with Crippen molar-refractivity contribution in [3.8, 4) is 11.5 Å². The third-order valence-corrected chi connectivity index (χ3v) is 4.89. The van der Waals surface area contributed by atoms with Crippen LogP contribution in [-0.2, 0) is 21.4 Å². The maximum Gasteiger partial charge on any atom is 0.328 e. The maximum absolute atomic E-state index is 12.8. The van der Waals surface area contributed by atoms with E-state index < -0.39 is 16.0 Å². The molecule has 2 N–H and O–H groups in total. The van der Waals surface area contributed by atoms with Gasteiger partial charge in [-0.25, -0.2) is 17.9 Å². The van der Waals surface area contributed by atoms with Crippen molar-refractivity contribution in [1.29, 1.82) is 0 Å². The molecule has 138 valence electrons. The Morgan fingerprint density at radius 2 is 1.85 bits per heavy atom. The van der Waals surface area contributed by atoms with Gasteiger partial charge in [0.2, 0.25) is 10.0 Å². The van der Waals surface area contributed by atoms with E-state index in [1.54, 1.807) is 12.1 Å². The Morgan fingerprint density at radius 1 is 1.15 bits per heavy atom. The molecule has 0 fully saturated rings. The number of methoxy groups -OCH3 is 2. The second-order valence-corrected chi connectivity index (χ2v) is 6.97. The van der Waals surface area contributed by atoms with Crippen LogP contribution >= 0.6 is 0 Å². The molecule has 0 heterocycles. The number of sulfonamides is 1. The summed E-state index contributed by atoms with van der Waals surface area (Å²) in [6, 6.07) is 11.9. The van der Waals surface area contributed by atoms with Crippen molar-refractivity contribution in [2.45, 2.75) is 11.4 Å². The lowest BCUT2D eigenvalue weighted by Gasteiger charge is -2.15. The molecule has 7 nitrogen and oxygen atoms in total. The Morgan fingerprint density at radius 3 is 2.42 bits per heavy atom. The van der Waals surface area contributed by atoms with Gasteiger partial charge in [-0.3, -0.25) is 0 Å². The Labute approximate surface area is 151 Å². The first-order chi connectivity index (χ1) is 12.4. The number of nitrogens with one attached hydrogen (secondary N) is 1. The van der Waals surface area contributed by atoms with Crippen molar-refractivity contribution < 1.29 is 27.8 Å². The lowest BCUT2D eigenvalue weighted by molar-refractivity contribution is -0.131. The standard InChI is InChI=1S/C18H19NO6S/c1-24-15-10-14(8-9-17(20)21)11-16(18(15)25-2)26(22,23)19-12-13-6-4-3-5-7-13/h3-11,19H,12H2,1-2H3,(H,20,21)/b9-8-. The number of carboxylic acids is 1. The van der Waals surface area contributed by atoms with Gasteiger partial charge >= 0.3 is 5.97 Å². The van der Waals surface area contributed by atoms with E-state index in [0.717, 1.165) is 11.6 Å². The van der Waals surface area contributed by atoms with Crippen LogP contribution in [0.15, 0.2) is 53.4 Å². The van der Waals surface area contributed by atoms with Gasteiger partial charge in [0.25, 0.3) is 0 Å². The van der Waals surface area contributed by atoms with E-state index in [1.165, 1.54) is 32.4 Å². The highest BCUT2D eigenvalue weighted by atomic mass is 32.2. The van der Waals surface area contributed by atoms with Gasteiger partial charge in [-0.1, -0.05) is 30.3 Å². The van der Waals surface area contributed by atoms with Crippen LogP contribution in [0.25, 0.3) is 6.08 Å². The van der Waals surface area contributed by atoms with Gasteiger partial charge in [-0.05, 0) is 29.3 Å². The lowest BCUT2D eigenvalue weighted by atomic mass is 10.2. The first-order valence-electron chi connectivity index (χ1n) is 7.58. The van der Waals surface area contributed by atoms with Gasteiger partial charge in [-0.15, -0.1) is 0 Å². The average molecular weight is 377 g/mol. The zero-order valence-electron chi connectivity index (χ0n) is 14.3. The van der Waals surface area contributed by atoms with E-state index >= 15 is 0 Å². The summed E-state index contributed by atoms with van der Waals surface area (Å²) in [7, 11) is -1.23. The Balaban J connectivity index is 2.43. The third-order valence-electron chi connectivity index (χ3n) is 3.48. The molecule has 0 aliphatic rings. The lowest BCUT2D eigenvalue weighted by Crippen LogP contribution is -2.24. The summed E-state index contributed by atoms with van der Waals surface area (Å²) in [6.07, 6.45) is 2.19. The topological polar surface area (TPSA) is 102 Å². The molecule has 0 spiro atoms. The van der Waals surface area contributed by atoms with Crippen LogP contribution in [0.2, 0.25) is 0 Å². The average Bonchev–Trinajstić information content (AvgIpc) is 2.64. The SMILES string of the molecule is COc1cc(/C=C\C(=O)O)cc(S(=O)(=O)NCc2ccccc2)c1OC. The smallest absolute Gasteiger partial charge is 0.328 e. The fourth-order valence-corrected chi connectivity index (χ4v) is 3.50. The van der Waals surface area contributed by atoms with E-state index in [0.29, 0.717) is 5.56 Å². The number of carboxylic acid groups (broad SMARTS) is 1. The monoisotopic (exact) mass is 377 g/mol. The summed E-state index contributed by atoms with van der Waals surface area (Å²) < 4.78 is 38.4. The molecular formula is C18H19NO6S. The number of aliphatic carboxylic acids is 1. The highest BCUT2D eigenvalue weighted by Gasteiger charge is 2.23. The van der Waals surface area contributed by atoms with Crippen LogP contribution < -0.4 is 14.2 Å². The molecule has 0 aliphatic carbocycles. The highest BCUT2D eigenvalue weighted by molar-refractivity contribution is 7.89. The quantitative estimate of drug-likeness (QED) is 0.685. The number of benzene rings is 2. The second-order valence-electron chi connectivity index (χ2n) is 5.24. The molecule has 0 unspecified atom stereocenters. The molecule has 26 heavy (non-hydrogen) atoms. The molecular weight excluding hydrogens is 358 g/mol. The summed E-state index contributed by atoms with van der Waals surface area (Å²) in [4.78, 5) is 10.6. The summed E-state index contributed by atoms with van der Waals surface area (Å²) in [6.45, 7) is 0.101. The number of hydrogen-bond donors (Lipinski definition) is 2. The minimum atomic E-state index is -3.93. The zero-order valence-corrected chi connectivity index (χ0v) is 15.1. The predicted octanol–water partition coefficient (Wildman–Crippen LogP) is 2.28. The fraction of sp³-hybridized carbons (Fsp3) is 0.167. The van der Waals surface area contributed by atoms with Crippen LogP contribution in [-0.4, -0.2) is 33.7 Å². The first-order valence-corrected chi connectivity index (χ1v) is 9.06. The number of rotatable bonds is 8. The largest absolute Gasteiger partial charge is 0.493 e. The van der Waals surface area contributed by atoms with Crippen LogP contribution in [0.5, 0.6) is 11.5 Å². The van der Waals surface area contributed by atoms with E-state index in [1.807, 2.05) is 18.2 Å². The summed E-state index contributed by atoms with van der Waals surface area (Å²) >= 11 is 0. The molecule has 0 saturated carbocycles. The van der Waals surface area contributed by atoms with Gasteiger partial charge in [0, 0.05) is 12.6 Å². The van der Waals surface area contributed by atoms with Crippen molar-refractivity contribution in [1.82, 2.24) is 4.72 Å². The van der Waals surface area contributed by atoms with Gasteiger partial charge in [0.1, 0.15) is 4.90 Å². The molecule has 2 aromatic rings. The highest BCUT2D eigenvalue weighted by Crippen LogP contribution is 2.36. The van der Waals surface area contributed by atoms with Gasteiger partial charge in [-0.2, -0.15) is 0 Å². The van der Waals surface area contributed by atoms with E-state index in [-0.39, 0.29) is 22.9 Å². The molecule has 0 aromatic heterocycles. The van der Waals surface area contributed by atoms with Crippen molar-refractivity contribution in [2.75, 3.05) is 14.2 Å². The molecule has 8 heteroatoms. The number of ether oxygens (including phenoxy) is 2. The van der Waals surface area contributed by atoms with Crippen LogP contribution in [0.1, 0.15) is 11.1 Å². The maximum atomic E-state index is 12.8. The summed E-state index contributed by atoms with van der Waals surface area (Å²) in [5.41, 5.74) is 1.15. The molecule has 2 aromatic carbocycles. The minimum absolute atomic E-state index is 0.0422. The predicted molar refractivity (Wildman–Crippen MR) is 96.7 cm³/mol. The van der Waals surface area contributed by atoms with Crippen LogP contribution in [0.3, 0.4) is 0 Å². The van der Waals surface area contributed by atoms with Crippen molar-refractivity contribution >= 4 is 22.1 Å². The first kappa shape index (κ1) is 19.5. The molecule has 0 amide bonds. The molecule has 0 saturated heterocycles. The molecule has 2 rings (SSSR count). The molecule has 0 radical (unpaired) electrons. The van der Waals surface area contributed by atoms with Crippen molar-refractivity contribution in [2.24, 2.45) is 0 Å². The summed E-state index contributed by atoms with van der Waals surface area (Å²) in [5.74, 6) is -0.924. The Bertz CT molecular complexity index is 907. The minimum Gasteiger partial charge on any atom is -0.493 e. The second kappa shape index (κ2) is 8.50. The van der Waals surface area contributed by atoms with Gasteiger partial charge in [0.05, 0.1) is 14.2 Å². The normalized spacial score (nSPS) is 11.5. The summed E-state index contributed by atoms with van der Waals surface area (Å²) in [5, 5.41) is 8.77. The molecule has 0 aliphatic heterocycles. The van der Waals surface area contributed by atoms with Crippen molar-refractivity contribution in [3.05, 3.63) is 59.7 Å². The van der Waals surface area contributed by atoms with E-state index in [9.17, 15) is 13.2 Å². The Kier molecular flexibility index (Phi) is 6.37. The van der Waals surface area contributed by atoms with E-state index in [2.05, 4.69) is 4.72 Å². The van der Waals surface area contributed by atoms with Crippen molar-refractivity contribution in [3.63, 3.8) is 0 Å². The van der Waals surface area contributed by atoms with Crippen LogP contribution in [0.4, 0.5) is 0 Å². The number of carbonyl (C=O) groups is 1. The molecule has 0 bridgehead atoms. The van der Waals surface area contributed by atoms with E-state index in [4.69, 9.17) is 14.6 Å². The molecule has 0 atom stereocenters.